The Hall–Kier alpha value is -2.24. The lowest BCUT2D eigenvalue weighted by Gasteiger charge is -2.29. The molecule has 46 heavy (non-hydrogen) atoms. The molecule has 10 atom stereocenters. The summed E-state index contributed by atoms with van der Waals surface area (Å²) in [6, 6.07) is 0. The third-order valence-electron chi connectivity index (χ3n) is 9.83. The first-order valence-corrected chi connectivity index (χ1v) is 17.4. The van der Waals surface area contributed by atoms with E-state index in [0.717, 1.165) is 31.6 Å². The van der Waals surface area contributed by atoms with Crippen LogP contribution in [0.3, 0.4) is 0 Å². The average molecular weight is 649 g/mol. The van der Waals surface area contributed by atoms with E-state index in [1.54, 1.807) is 24.0 Å². The van der Waals surface area contributed by atoms with Gasteiger partial charge in [-0.25, -0.2) is 4.79 Å². The van der Waals surface area contributed by atoms with Gasteiger partial charge in [-0.05, 0) is 70.2 Å². The molecule has 0 aliphatic carbocycles. The fourth-order valence-corrected chi connectivity index (χ4v) is 6.46. The molecule has 3 aliphatic rings. The molecule has 10 nitrogen and oxygen atoms in total. The van der Waals surface area contributed by atoms with E-state index in [4.69, 9.17) is 14.2 Å². The van der Waals surface area contributed by atoms with Crippen molar-refractivity contribution in [2.75, 3.05) is 32.7 Å². The Kier molecular flexibility index (Phi) is 14.8. The van der Waals surface area contributed by atoms with E-state index in [9.17, 15) is 24.9 Å². The number of hydrogen-bond donors (Lipinski definition) is 3. The standard InChI is InChI=1S/C36H60N2O8/c1-8-29(40)27(6)34-31(44-34)23-36(7,43)17-10-12-25(4)33-26(5)14-16-30(24(3)13-15-28(39)22-32(41)46-33)45-35(42)38-19-11-18-37(9-2)20-21-38/h10,12,14,16-17,24,26-31,33-34,39-40,43H,8-9,11,13,15,18-23H2,1-7H3/b16-14-,17-10+,25-12+. The molecule has 0 aromatic carbocycles. The minimum absolute atomic E-state index is 0.00735. The van der Waals surface area contributed by atoms with Crippen LogP contribution in [0.4, 0.5) is 4.79 Å². The predicted octanol–water partition coefficient (Wildman–Crippen LogP) is 4.62. The number of hydrogen-bond acceptors (Lipinski definition) is 9. The van der Waals surface area contributed by atoms with Crippen molar-refractivity contribution in [1.82, 2.24) is 9.80 Å². The van der Waals surface area contributed by atoms with Crippen LogP contribution in [0.5, 0.6) is 0 Å². The molecule has 10 heteroatoms. The second kappa shape index (κ2) is 17.8. The number of allylic oxidation sites excluding steroid dienone is 2. The second-order valence-corrected chi connectivity index (χ2v) is 14.0. The van der Waals surface area contributed by atoms with Crippen LogP contribution in [-0.2, 0) is 19.0 Å². The number of ether oxygens (including phenoxy) is 3. The number of aliphatic hydroxyl groups excluding tert-OH is 2. The molecule has 0 aromatic rings. The third kappa shape index (κ3) is 11.8. The largest absolute Gasteiger partial charge is 0.457 e. The minimum Gasteiger partial charge on any atom is -0.457 e. The number of cyclic esters (lactones) is 1. The van der Waals surface area contributed by atoms with E-state index >= 15 is 0 Å². The highest BCUT2D eigenvalue weighted by atomic mass is 16.6. The van der Waals surface area contributed by atoms with Gasteiger partial charge < -0.3 is 39.3 Å². The summed E-state index contributed by atoms with van der Waals surface area (Å²) in [7, 11) is 0. The van der Waals surface area contributed by atoms with Crippen LogP contribution in [0.2, 0.25) is 0 Å². The van der Waals surface area contributed by atoms with E-state index in [1.165, 1.54) is 0 Å². The number of carbonyl (C=O) groups excluding carboxylic acids is 2. The molecule has 2 fully saturated rings. The molecule has 3 aliphatic heterocycles. The van der Waals surface area contributed by atoms with E-state index in [1.807, 2.05) is 52.8 Å². The lowest BCUT2D eigenvalue weighted by atomic mass is 9.91. The third-order valence-corrected chi connectivity index (χ3v) is 9.83. The van der Waals surface area contributed by atoms with Gasteiger partial charge in [0, 0.05) is 37.9 Å². The van der Waals surface area contributed by atoms with Crippen molar-refractivity contribution in [2.45, 2.75) is 129 Å². The van der Waals surface area contributed by atoms with Crippen LogP contribution < -0.4 is 0 Å². The normalized spacial score (nSPS) is 34.0. The monoisotopic (exact) mass is 648 g/mol. The number of epoxide rings is 1. The minimum atomic E-state index is -1.12. The molecule has 3 heterocycles. The van der Waals surface area contributed by atoms with Crippen LogP contribution in [0.15, 0.2) is 36.0 Å². The molecular weight excluding hydrogens is 588 g/mol. The highest BCUT2D eigenvalue weighted by Gasteiger charge is 2.47. The summed E-state index contributed by atoms with van der Waals surface area (Å²) >= 11 is 0. The number of likely N-dealkylation sites (N-methyl/N-ethyl adjacent to an activating group) is 1. The summed E-state index contributed by atoms with van der Waals surface area (Å²) in [5.74, 6) is -0.768. The number of rotatable bonds is 10. The SMILES string of the molecule is CCC(O)C(C)C1OC1CC(C)(O)/C=C/C=C(\C)C1OC(=O)CC(O)CCC(C)C(OC(=O)N2CCCN(CC)CC2)/C=C\C1C. The quantitative estimate of drug-likeness (QED) is 0.134. The summed E-state index contributed by atoms with van der Waals surface area (Å²) in [6.07, 6.45) is 9.09. The first kappa shape index (κ1) is 38.2. The predicted molar refractivity (Wildman–Crippen MR) is 178 cm³/mol. The summed E-state index contributed by atoms with van der Waals surface area (Å²) in [5, 5.41) is 31.8. The first-order chi connectivity index (χ1) is 21.7. The van der Waals surface area contributed by atoms with E-state index in [-0.39, 0.29) is 42.5 Å². The fraction of sp³-hybridized carbons (Fsp3) is 0.778. The van der Waals surface area contributed by atoms with Crippen molar-refractivity contribution in [3.05, 3.63) is 36.0 Å². The van der Waals surface area contributed by atoms with Gasteiger partial charge in [0.25, 0.3) is 0 Å². The molecule has 1 amide bonds. The van der Waals surface area contributed by atoms with Crippen LogP contribution in [0.1, 0.15) is 87.0 Å². The van der Waals surface area contributed by atoms with Gasteiger partial charge in [0.2, 0.25) is 0 Å². The fourth-order valence-electron chi connectivity index (χ4n) is 6.46. The van der Waals surface area contributed by atoms with Gasteiger partial charge >= 0.3 is 12.1 Å². The zero-order valence-electron chi connectivity index (χ0n) is 29.1. The first-order valence-electron chi connectivity index (χ1n) is 17.4. The van der Waals surface area contributed by atoms with E-state index < -0.39 is 36.0 Å². The second-order valence-electron chi connectivity index (χ2n) is 14.0. The average Bonchev–Trinajstić information content (AvgIpc) is 3.81. The van der Waals surface area contributed by atoms with Crippen LogP contribution >= 0.6 is 0 Å². The highest BCUT2D eigenvalue weighted by Crippen LogP contribution is 2.37. The van der Waals surface area contributed by atoms with Gasteiger partial charge in [-0.2, -0.15) is 0 Å². The summed E-state index contributed by atoms with van der Waals surface area (Å²) < 4.78 is 17.7. The van der Waals surface area contributed by atoms with Gasteiger partial charge in [0.15, 0.2) is 0 Å². The Labute approximate surface area is 276 Å². The summed E-state index contributed by atoms with van der Waals surface area (Å²) in [6.45, 7) is 17.6. The Morgan fingerprint density at radius 3 is 2.61 bits per heavy atom. The Morgan fingerprint density at radius 2 is 1.91 bits per heavy atom. The van der Waals surface area contributed by atoms with Crippen molar-refractivity contribution in [1.29, 1.82) is 0 Å². The van der Waals surface area contributed by atoms with Crippen LogP contribution in [0, 0.1) is 17.8 Å². The number of carbonyl (C=O) groups is 2. The summed E-state index contributed by atoms with van der Waals surface area (Å²) in [4.78, 5) is 30.2. The lowest BCUT2D eigenvalue weighted by Crippen LogP contribution is -2.38. The molecule has 0 bridgehead atoms. The maximum absolute atomic E-state index is 13.2. The van der Waals surface area contributed by atoms with Gasteiger partial charge in [-0.3, -0.25) is 4.79 Å². The van der Waals surface area contributed by atoms with Gasteiger partial charge in [-0.15, -0.1) is 0 Å². The smallest absolute Gasteiger partial charge is 0.410 e. The van der Waals surface area contributed by atoms with Gasteiger partial charge in [0.05, 0.1) is 36.4 Å². The maximum Gasteiger partial charge on any atom is 0.410 e. The molecule has 3 rings (SSSR count). The molecule has 0 radical (unpaired) electrons. The van der Waals surface area contributed by atoms with Crippen molar-refractivity contribution >= 4 is 12.1 Å². The van der Waals surface area contributed by atoms with Crippen molar-refractivity contribution < 1.29 is 39.1 Å². The zero-order chi connectivity index (χ0) is 34.0. The number of nitrogens with zero attached hydrogens (tertiary/aromatic N) is 2. The van der Waals surface area contributed by atoms with Gasteiger partial charge in [-0.1, -0.05) is 58.9 Å². The Morgan fingerprint density at radius 1 is 1.17 bits per heavy atom. The zero-order valence-corrected chi connectivity index (χ0v) is 29.1. The molecule has 3 N–H and O–H groups in total. The molecule has 0 spiro atoms. The molecule has 0 aromatic heterocycles. The Balaban J connectivity index is 1.71. The Bertz CT molecular complexity index is 1070. The number of esters is 1. The van der Waals surface area contributed by atoms with Crippen LogP contribution in [0.25, 0.3) is 0 Å². The number of aliphatic hydroxyl groups is 3. The molecule has 2 saturated heterocycles. The highest BCUT2D eigenvalue weighted by molar-refractivity contribution is 5.70. The maximum atomic E-state index is 13.2. The topological polar surface area (TPSA) is 132 Å². The van der Waals surface area contributed by atoms with Crippen molar-refractivity contribution in [2.24, 2.45) is 17.8 Å². The van der Waals surface area contributed by atoms with E-state index in [2.05, 4.69) is 11.8 Å². The summed E-state index contributed by atoms with van der Waals surface area (Å²) in [5.41, 5.74) is -0.350. The number of amides is 1. The molecule has 262 valence electrons. The van der Waals surface area contributed by atoms with Crippen molar-refractivity contribution in [3.63, 3.8) is 0 Å². The van der Waals surface area contributed by atoms with E-state index in [0.29, 0.717) is 38.8 Å². The van der Waals surface area contributed by atoms with Gasteiger partial charge in [0.1, 0.15) is 12.2 Å². The molecular formula is C36H60N2O8. The molecule has 10 unspecified atom stereocenters. The van der Waals surface area contributed by atoms with Crippen LogP contribution in [-0.4, -0.2) is 112 Å². The lowest BCUT2D eigenvalue weighted by molar-refractivity contribution is -0.151. The van der Waals surface area contributed by atoms with Crippen molar-refractivity contribution in [3.8, 4) is 0 Å². The molecule has 0 saturated carbocycles.